The van der Waals surface area contributed by atoms with Gasteiger partial charge >= 0.3 is 0 Å². The fraction of sp³-hybridized carbons (Fsp3) is 0.867. The van der Waals surface area contributed by atoms with Gasteiger partial charge in [-0.15, -0.1) is 0 Å². The van der Waals surface area contributed by atoms with Crippen LogP contribution in [0.1, 0.15) is 12.8 Å². The first-order chi connectivity index (χ1) is 9.40. The van der Waals surface area contributed by atoms with Crippen LogP contribution in [0.25, 0.3) is 0 Å². The third-order valence-electron chi connectivity index (χ3n) is 3.92. The highest BCUT2D eigenvalue weighted by molar-refractivity contribution is 5.09. The summed E-state index contributed by atoms with van der Waals surface area (Å²) in [6.07, 6.45) is 7.41. The predicted octanol–water partition coefficient (Wildman–Crippen LogP) is 1.89. The van der Waals surface area contributed by atoms with Crippen LogP contribution in [0.2, 0.25) is 0 Å². The Kier molecular flexibility index (Phi) is 6.85. The van der Waals surface area contributed by atoms with Crippen LogP contribution >= 0.6 is 0 Å². The van der Waals surface area contributed by atoms with E-state index in [0.29, 0.717) is 39.6 Å². The summed E-state index contributed by atoms with van der Waals surface area (Å²) in [4.78, 5) is 0. The zero-order valence-electron chi connectivity index (χ0n) is 11.9. The van der Waals surface area contributed by atoms with Crippen LogP contribution in [0.15, 0.2) is 12.2 Å². The Morgan fingerprint density at radius 2 is 1.53 bits per heavy atom. The molecule has 110 valence electrons. The monoisotopic (exact) mass is 270 g/mol. The molecule has 0 aromatic carbocycles. The molecular formula is C15H26O4. The van der Waals surface area contributed by atoms with Crippen molar-refractivity contribution < 1.29 is 18.9 Å². The molecule has 0 aliphatic heterocycles. The van der Waals surface area contributed by atoms with Gasteiger partial charge in [-0.25, -0.2) is 0 Å². The largest absolute Gasteiger partial charge is 0.382 e. The van der Waals surface area contributed by atoms with E-state index in [-0.39, 0.29) is 0 Å². The smallest absolute Gasteiger partial charge is 0.0701 e. The van der Waals surface area contributed by atoms with Gasteiger partial charge in [-0.05, 0) is 30.6 Å². The quantitative estimate of drug-likeness (QED) is 0.424. The second-order valence-electron chi connectivity index (χ2n) is 5.33. The number of ether oxygens (including phenoxy) is 4. The van der Waals surface area contributed by atoms with Crippen molar-refractivity contribution in [2.24, 2.45) is 17.8 Å². The zero-order valence-corrected chi connectivity index (χ0v) is 11.9. The molecule has 1 saturated carbocycles. The fourth-order valence-corrected chi connectivity index (χ4v) is 2.90. The lowest BCUT2D eigenvalue weighted by atomic mass is 9.95. The molecule has 0 heterocycles. The Hall–Kier alpha value is -0.420. The molecule has 0 aromatic rings. The lowest BCUT2D eigenvalue weighted by molar-refractivity contribution is -0.00279. The molecule has 2 aliphatic rings. The topological polar surface area (TPSA) is 36.9 Å². The highest BCUT2D eigenvalue weighted by Crippen LogP contribution is 2.43. The van der Waals surface area contributed by atoms with E-state index in [4.69, 9.17) is 18.9 Å². The Balaban J connectivity index is 1.34. The van der Waals surface area contributed by atoms with Crippen molar-refractivity contribution in [3.05, 3.63) is 12.2 Å². The number of fused-ring (bicyclic) bond motifs is 2. The summed E-state index contributed by atoms with van der Waals surface area (Å²) in [6, 6.07) is 0. The molecular weight excluding hydrogens is 244 g/mol. The molecule has 0 amide bonds. The van der Waals surface area contributed by atoms with Crippen LogP contribution in [0, 0.1) is 17.8 Å². The van der Waals surface area contributed by atoms with E-state index in [9.17, 15) is 0 Å². The summed E-state index contributed by atoms with van der Waals surface area (Å²) in [7, 11) is 1.67. The molecule has 0 saturated heterocycles. The number of hydrogen-bond acceptors (Lipinski definition) is 4. The van der Waals surface area contributed by atoms with Crippen molar-refractivity contribution in [2.45, 2.75) is 12.8 Å². The average Bonchev–Trinajstić information content (AvgIpc) is 3.03. The standard InChI is InChI=1S/C15H26O4/c1-16-4-5-17-6-7-18-8-9-19-12-15-11-13-2-3-14(15)10-13/h2-3,13-15H,4-12H2,1H3. The van der Waals surface area contributed by atoms with Gasteiger partial charge in [-0.2, -0.15) is 0 Å². The molecule has 3 unspecified atom stereocenters. The van der Waals surface area contributed by atoms with Crippen molar-refractivity contribution in [3.63, 3.8) is 0 Å². The third kappa shape index (κ3) is 5.22. The molecule has 0 radical (unpaired) electrons. The minimum atomic E-state index is 0.626. The third-order valence-corrected chi connectivity index (χ3v) is 3.92. The van der Waals surface area contributed by atoms with Gasteiger partial charge < -0.3 is 18.9 Å². The first-order valence-corrected chi connectivity index (χ1v) is 7.30. The maximum atomic E-state index is 5.70. The van der Waals surface area contributed by atoms with Crippen molar-refractivity contribution in [1.29, 1.82) is 0 Å². The number of allylic oxidation sites excluding steroid dienone is 2. The summed E-state index contributed by atoms with van der Waals surface area (Å²) in [5, 5.41) is 0. The average molecular weight is 270 g/mol. The highest BCUT2D eigenvalue weighted by atomic mass is 16.6. The summed E-state index contributed by atoms with van der Waals surface area (Å²) >= 11 is 0. The normalized spacial score (nSPS) is 28.4. The van der Waals surface area contributed by atoms with Gasteiger partial charge in [-0.1, -0.05) is 12.2 Å². The van der Waals surface area contributed by atoms with Crippen molar-refractivity contribution in [1.82, 2.24) is 0 Å². The van der Waals surface area contributed by atoms with Crippen LogP contribution in [0.3, 0.4) is 0 Å². The van der Waals surface area contributed by atoms with Gasteiger partial charge in [-0.3, -0.25) is 0 Å². The summed E-state index contributed by atoms with van der Waals surface area (Å²) in [6.45, 7) is 4.76. The Morgan fingerprint density at radius 3 is 2.11 bits per heavy atom. The molecule has 19 heavy (non-hydrogen) atoms. The van der Waals surface area contributed by atoms with Crippen LogP contribution in [-0.2, 0) is 18.9 Å². The first kappa shape index (κ1) is 15.0. The van der Waals surface area contributed by atoms with Crippen LogP contribution in [0.4, 0.5) is 0 Å². The molecule has 2 aliphatic carbocycles. The maximum Gasteiger partial charge on any atom is 0.0701 e. The van der Waals surface area contributed by atoms with Gasteiger partial charge in [0.15, 0.2) is 0 Å². The van der Waals surface area contributed by atoms with Gasteiger partial charge in [0.1, 0.15) is 0 Å². The fourth-order valence-electron chi connectivity index (χ4n) is 2.90. The van der Waals surface area contributed by atoms with E-state index < -0.39 is 0 Å². The predicted molar refractivity (Wildman–Crippen MR) is 73.2 cm³/mol. The van der Waals surface area contributed by atoms with E-state index in [2.05, 4.69) is 12.2 Å². The molecule has 4 nitrogen and oxygen atoms in total. The Bertz CT molecular complexity index is 267. The van der Waals surface area contributed by atoms with Crippen molar-refractivity contribution in [2.75, 3.05) is 53.4 Å². The van der Waals surface area contributed by atoms with E-state index in [0.717, 1.165) is 24.4 Å². The summed E-state index contributed by atoms with van der Waals surface area (Å²) in [5.74, 6) is 2.35. The Labute approximate surface area is 116 Å². The van der Waals surface area contributed by atoms with Gasteiger partial charge in [0.2, 0.25) is 0 Å². The van der Waals surface area contributed by atoms with Crippen molar-refractivity contribution in [3.8, 4) is 0 Å². The molecule has 2 bridgehead atoms. The molecule has 0 spiro atoms. The van der Waals surface area contributed by atoms with Crippen LogP contribution in [0.5, 0.6) is 0 Å². The minimum absolute atomic E-state index is 0.626. The first-order valence-electron chi connectivity index (χ1n) is 7.30. The number of rotatable bonds is 11. The van der Waals surface area contributed by atoms with E-state index >= 15 is 0 Å². The van der Waals surface area contributed by atoms with Crippen molar-refractivity contribution >= 4 is 0 Å². The maximum absolute atomic E-state index is 5.70. The minimum Gasteiger partial charge on any atom is -0.382 e. The SMILES string of the molecule is COCCOCCOCCOCC1CC2C=CC1C2. The molecule has 4 heteroatoms. The second-order valence-corrected chi connectivity index (χ2v) is 5.33. The van der Waals surface area contributed by atoms with Crippen LogP contribution in [-0.4, -0.2) is 53.4 Å². The Morgan fingerprint density at radius 1 is 0.842 bits per heavy atom. The van der Waals surface area contributed by atoms with Gasteiger partial charge in [0, 0.05) is 7.11 Å². The zero-order chi connectivity index (χ0) is 13.3. The second kappa shape index (κ2) is 8.69. The highest BCUT2D eigenvalue weighted by Gasteiger charge is 2.35. The molecule has 0 aromatic heterocycles. The molecule has 2 rings (SSSR count). The van der Waals surface area contributed by atoms with E-state index in [1.165, 1.54) is 12.8 Å². The lowest BCUT2D eigenvalue weighted by Crippen LogP contribution is -2.17. The lowest BCUT2D eigenvalue weighted by Gasteiger charge is -2.17. The molecule has 1 fully saturated rings. The number of hydrogen-bond donors (Lipinski definition) is 0. The van der Waals surface area contributed by atoms with E-state index in [1.54, 1.807) is 7.11 Å². The van der Waals surface area contributed by atoms with E-state index in [1.807, 2.05) is 0 Å². The van der Waals surface area contributed by atoms with Gasteiger partial charge in [0.05, 0.1) is 46.2 Å². The van der Waals surface area contributed by atoms with Gasteiger partial charge in [0.25, 0.3) is 0 Å². The number of methoxy groups -OCH3 is 1. The molecule has 3 atom stereocenters. The van der Waals surface area contributed by atoms with Crippen LogP contribution < -0.4 is 0 Å². The summed E-state index contributed by atoms with van der Waals surface area (Å²) < 4.78 is 21.3. The summed E-state index contributed by atoms with van der Waals surface area (Å²) in [5.41, 5.74) is 0. The molecule has 0 N–H and O–H groups in total.